The third-order valence-corrected chi connectivity index (χ3v) is 3.50. The molecule has 2 N–H and O–H groups in total. The molecule has 76 valence electrons. The second-order valence-corrected chi connectivity index (χ2v) is 4.61. The lowest BCUT2D eigenvalue weighted by molar-refractivity contribution is 0.509. The smallest absolute Gasteiger partial charge is 0.0300 e. The highest BCUT2D eigenvalue weighted by Gasteiger charge is 2.24. The van der Waals surface area contributed by atoms with Gasteiger partial charge in [0.05, 0.1) is 0 Å². The molecule has 1 nitrogen and oxygen atoms in total. The topological polar surface area (TPSA) is 26.0 Å². The lowest BCUT2D eigenvalue weighted by Crippen LogP contribution is -2.21. The highest BCUT2D eigenvalue weighted by Crippen LogP contribution is 2.39. The summed E-state index contributed by atoms with van der Waals surface area (Å²) in [6.07, 6.45) is 2.37. The van der Waals surface area contributed by atoms with Gasteiger partial charge in [-0.15, -0.1) is 0 Å². The Balaban J connectivity index is 2.65. The van der Waals surface area contributed by atoms with Gasteiger partial charge in [0, 0.05) is 6.04 Å². The van der Waals surface area contributed by atoms with Crippen molar-refractivity contribution < 1.29 is 0 Å². The molecule has 0 heterocycles. The van der Waals surface area contributed by atoms with E-state index in [0.717, 1.165) is 6.42 Å². The van der Waals surface area contributed by atoms with E-state index in [1.165, 1.54) is 28.7 Å². The van der Waals surface area contributed by atoms with Crippen LogP contribution in [0.2, 0.25) is 0 Å². The van der Waals surface area contributed by atoms with Crippen molar-refractivity contribution in [3.05, 3.63) is 34.4 Å². The summed E-state index contributed by atoms with van der Waals surface area (Å²) in [5.74, 6) is 0.685. The Kier molecular flexibility index (Phi) is 2.36. The highest BCUT2D eigenvalue weighted by molar-refractivity contribution is 5.45. The van der Waals surface area contributed by atoms with Crippen LogP contribution in [0.3, 0.4) is 0 Å². The molecule has 1 aliphatic rings. The normalized spacial score (nSPS) is 26.0. The maximum atomic E-state index is 6.18. The van der Waals surface area contributed by atoms with Crippen molar-refractivity contribution in [3.8, 4) is 0 Å². The number of hydrogen-bond acceptors (Lipinski definition) is 1. The molecular weight excluding hydrogens is 170 g/mol. The third kappa shape index (κ3) is 1.36. The Morgan fingerprint density at radius 3 is 2.21 bits per heavy atom. The van der Waals surface area contributed by atoms with Crippen LogP contribution in [-0.4, -0.2) is 0 Å². The molecule has 0 fully saturated rings. The third-order valence-electron chi connectivity index (χ3n) is 3.50. The molecule has 1 aliphatic carbocycles. The van der Waals surface area contributed by atoms with Gasteiger partial charge in [0.1, 0.15) is 0 Å². The Labute approximate surface area is 86.3 Å². The highest BCUT2D eigenvalue weighted by atomic mass is 14.6. The van der Waals surface area contributed by atoms with Gasteiger partial charge in [-0.2, -0.15) is 0 Å². The van der Waals surface area contributed by atoms with E-state index in [9.17, 15) is 0 Å². The standard InChI is InChI=1S/C13H19N/c1-8-4-5-10(3)13-11(14)7-6-9(2)12(8)13/h4-5,9,11H,6-7,14H2,1-3H3. The Morgan fingerprint density at radius 1 is 1.07 bits per heavy atom. The van der Waals surface area contributed by atoms with Crippen molar-refractivity contribution in [2.24, 2.45) is 5.73 Å². The van der Waals surface area contributed by atoms with Gasteiger partial charge in [-0.1, -0.05) is 19.1 Å². The van der Waals surface area contributed by atoms with E-state index in [1.807, 2.05) is 0 Å². The van der Waals surface area contributed by atoms with Gasteiger partial charge < -0.3 is 5.73 Å². The van der Waals surface area contributed by atoms with Gasteiger partial charge in [0.2, 0.25) is 0 Å². The molecule has 2 unspecified atom stereocenters. The van der Waals surface area contributed by atoms with Crippen molar-refractivity contribution in [1.82, 2.24) is 0 Å². The van der Waals surface area contributed by atoms with Gasteiger partial charge >= 0.3 is 0 Å². The minimum absolute atomic E-state index is 0.265. The van der Waals surface area contributed by atoms with Crippen LogP contribution in [0.25, 0.3) is 0 Å². The number of nitrogens with two attached hydrogens (primary N) is 1. The number of aryl methyl sites for hydroxylation is 2. The van der Waals surface area contributed by atoms with Crippen LogP contribution in [-0.2, 0) is 0 Å². The Bertz CT molecular complexity index is 319. The molecule has 0 amide bonds. The average Bonchev–Trinajstić information content (AvgIpc) is 2.16. The van der Waals surface area contributed by atoms with Gasteiger partial charge in [-0.3, -0.25) is 0 Å². The molecule has 0 aliphatic heterocycles. The van der Waals surface area contributed by atoms with Crippen LogP contribution in [0.4, 0.5) is 0 Å². The van der Waals surface area contributed by atoms with Crippen molar-refractivity contribution >= 4 is 0 Å². The molecule has 1 heteroatoms. The number of rotatable bonds is 0. The van der Waals surface area contributed by atoms with Crippen LogP contribution >= 0.6 is 0 Å². The Morgan fingerprint density at radius 2 is 1.64 bits per heavy atom. The summed E-state index contributed by atoms with van der Waals surface area (Å²) in [6, 6.07) is 4.69. The van der Waals surface area contributed by atoms with E-state index in [0.29, 0.717) is 5.92 Å². The summed E-state index contributed by atoms with van der Waals surface area (Å²) < 4.78 is 0. The molecule has 0 saturated heterocycles. The second kappa shape index (κ2) is 3.39. The largest absolute Gasteiger partial charge is 0.324 e. The van der Waals surface area contributed by atoms with Gasteiger partial charge in [0.15, 0.2) is 0 Å². The van der Waals surface area contributed by atoms with E-state index < -0.39 is 0 Å². The summed E-state index contributed by atoms with van der Waals surface area (Å²) in [6.45, 7) is 6.69. The first-order valence-electron chi connectivity index (χ1n) is 5.47. The van der Waals surface area contributed by atoms with Gasteiger partial charge in [0.25, 0.3) is 0 Å². The summed E-state index contributed by atoms with van der Waals surface area (Å²) >= 11 is 0. The molecule has 0 spiro atoms. The first-order valence-corrected chi connectivity index (χ1v) is 5.47. The zero-order valence-corrected chi connectivity index (χ0v) is 9.30. The van der Waals surface area contributed by atoms with E-state index in [2.05, 4.69) is 32.9 Å². The van der Waals surface area contributed by atoms with Crippen LogP contribution in [0, 0.1) is 13.8 Å². The maximum absolute atomic E-state index is 6.18. The first kappa shape index (κ1) is 9.72. The molecule has 2 rings (SSSR count). The van der Waals surface area contributed by atoms with Crippen LogP contribution < -0.4 is 5.73 Å². The number of hydrogen-bond donors (Lipinski definition) is 1. The predicted octanol–water partition coefficient (Wildman–Crippen LogP) is 3.20. The fourth-order valence-electron chi connectivity index (χ4n) is 2.72. The molecule has 1 aromatic carbocycles. The van der Waals surface area contributed by atoms with E-state index in [1.54, 1.807) is 0 Å². The fourth-order valence-corrected chi connectivity index (χ4v) is 2.72. The fraction of sp³-hybridized carbons (Fsp3) is 0.538. The van der Waals surface area contributed by atoms with E-state index in [4.69, 9.17) is 5.73 Å². The van der Waals surface area contributed by atoms with Crippen LogP contribution in [0.15, 0.2) is 12.1 Å². The molecule has 0 saturated carbocycles. The van der Waals surface area contributed by atoms with Crippen molar-refractivity contribution in [2.75, 3.05) is 0 Å². The van der Waals surface area contributed by atoms with Crippen LogP contribution in [0.5, 0.6) is 0 Å². The number of fused-ring (bicyclic) bond motifs is 1. The Hall–Kier alpha value is -0.820. The van der Waals surface area contributed by atoms with Crippen molar-refractivity contribution in [3.63, 3.8) is 0 Å². The monoisotopic (exact) mass is 189 g/mol. The second-order valence-electron chi connectivity index (χ2n) is 4.61. The minimum atomic E-state index is 0.265. The van der Waals surface area contributed by atoms with Crippen LogP contribution in [0.1, 0.15) is 54.0 Å². The summed E-state index contributed by atoms with van der Waals surface area (Å²) in [5.41, 5.74) is 11.9. The molecule has 14 heavy (non-hydrogen) atoms. The zero-order valence-electron chi connectivity index (χ0n) is 9.30. The van der Waals surface area contributed by atoms with E-state index in [-0.39, 0.29) is 6.04 Å². The molecule has 0 radical (unpaired) electrons. The summed E-state index contributed by atoms with van der Waals surface area (Å²) in [4.78, 5) is 0. The molecule has 0 aromatic heterocycles. The molecular formula is C13H19N. The molecule has 1 aromatic rings. The molecule has 2 atom stereocenters. The molecule has 0 bridgehead atoms. The quantitative estimate of drug-likeness (QED) is 0.666. The predicted molar refractivity (Wildman–Crippen MR) is 60.5 cm³/mol. The lowest BCUT2D eigenvalue weighted by atomic mass is 9.77. The lowest BCUT2D eigenvalue weighted by Gasteiger charge is -2.30. The maximum Gasteiger partial charge on any atom is 0.0300 e. The van der Waals surface area contributed by atoms with Gasteiger partial charge in [-0.05, 0) is 54.9 Å². The van der Waals surface area contributed by atoms with Crippen molar-refractivity contribution in [1.29, 1.82) is 0 Å². The van der Waals surface area contributed by atoms with Crippen molar-refractivity contribution in [2.45, 2.75) is 45.6 Å². The zero-order chi connectivity index (χ0) is 10.3. The van der Waals surface area contributed by atoms with Gasteiger partial charge in [-0.25, -0.2) is 0 Å². The average molecular weight is 189 g/mol. The minimum Gasteiger partial charge on any atom is -0.324 e. The van der Waals surface area contributed by atoms with E-state index >= 15 is 0 Å². The number of benzene rings is 1. The summed E-state index contributed by atoms with van der Waals surface area (Å²) in [7, 11) is 0. The SMILES string of the molecule is Cc1ccc(C)c2c1C(C)CCC2N. The summed E-state index contributed by atoms with van der Waals surface area (Å²) in [5, 5.41) is 0. The first-order chi connectivity index (χ1) is 6.61.